The summed E-state index contributed by atoms with van der Waals surface area (Å²) < 4.78 is 5.86. The number of methoxy groups -OCH3 is 1. The van der Waals surface area contributed by atoms with Gasteiger partial charge >= 0.3 is 0 Å². The van der Waals surface area contributed by atoms with Crippen LogP contribution in [0.4, 0.5) is 0 Å². The first-order chi connectivity index (χ1) is 5.87. The molecule has 4 atom stereocenters. The quantitative estimate of drug-likeness (QED) is 0.582. The Kier molecular flexibility index (Phi) is 1.39. The topological polar surface area (TPSA) is 9.23 Å². The average molecular weight is 166 g/mol. The third-order valence-corrected chi connectivity index (χ3v) is 4.82. The molecule has 12 heavy (non-hydrogen) atoms. The SMILES string of the molecule is COC12CCCC1C1CCC2C1. The second-order valence-corrected chi connectivity index (χ2v) is 4.93. The molecule has 0 aliphatic heterocycles. The van der Waals surface area contributed by atoms with E-state index in [-0.39, 0.29) is 0 Å². The predicted octanol–water partition coefficient (Wildman–Crippen LogP) is 2.60. The zero-order chi connectivity index (χ0) is 8.18. The average Bonchev–Trinajstić information content (AvgIpc) is 2.76. The molecule has 1 nitrogen and oxygen atoms in total. The van der Waals surface area contributed by atoms with Crippen LogP contribution in [-0.2, 0) is 4.74 Å². The molecule has 0 spiro atoms. The van der Waals surface area contributed by atoms with E-state index in [0.29, 0.717) is 5.60 Å². The van der Waals surface area contributed by atoms with Gasteiger partial charge in [-0.2, -0.15) is 0 Å². The number of fused-ring (bicyclic) bond motifs is 5. The van der Waals surface area contributed by atoms with E-state index in [2.05, 4.69) is 0 Å². The van der Waals surface area contributed by atoms with Crippen molar-refractivity contribution in [1.82, 2.24) is 0 Å². The van der Waals surface area contributed by atoms with Gasteiger partial charge in [-0.25, -0.2) is 0 Å². The van der Waals surface area contributed by atoms with Crippen LogP contribution in [0.25, 0.3) is 0 Å². The van der Waals surface area contributed by atoms with Gasteiger partial charge in [0.1, 0.15) is 0 Å². The lowest BCUT2D eigenvalue weighted by Gasteiger charge is -2.38. The highest BCUT2D eigenvalue weighted by Gasteiger charge is 2.60. The molecular formula is C11H18O. The fourth-order valence-corrected chi connectivity index (χ4v) is 4.42. The van der Waals surface area contributed by atoms with E-state index in [1.807, 2.05) is 7.11 Å². The number of hydrogen-bond donors (Lipinski definition) is 0. The summed E-state index contributed by atoms with van der Waals surface area (Å²) >= 11 is 0. The molecule has 68 valence electrons. The van der Waals surface area contributed by atoms with Gasteiger partial charge in [-0.05, 0) is 49.9 Å². The van der Waals surface area contributed by atoms with Crippen LogP contribution in [0.1, 0.15) is 38.5 Å². The van der Waals surface area contributed by atoms with E-state index in [1.54, 1.807) is 0 Å². The summed E-state index contributed by atoms with van der Waals surface area (Å²) in [4.78, 5) is 0. The molecule has 3 fully saturated rings. The third kappa shape index (κ3) is 0.654. The first-order valence-electron chi connectivity index (χ1n) is 5.42. The second kappa shape index (κ2) is 2.25. The van der Waals surface area contributed by atoms with Crippen molar-refractivity contribution >= 4 is 0 Å². The van der Waals surface area contributed by atoms with Gasteiger partial charge in [-0.15, -0.1) is 0 Å². The second-order valence-electron chi connectivity index (χ2n) is 4.93. The number of ether oxygens (including phenoxy) is 1. The van der Waals surface area contributed by atoms with Crippen molar-refractivity contribution in [2.24, 2.45) is 17.8 Å². The van der Waals surface area contributed by atoms with Crippen LogP contribution in [0, 0.1) is 17.8 Å². The summed E-state index contributed by atoms with van der Waals surface area (Å²) in [5, 5.41) is 0. The summed E-state index contributed by atoms with van der Waals surface area (Å²) in [6.07, 6.45) is 8.67. The molecule has 0 saturated heterocycles. The van der Waals surface area contributed by atoms with Crippen LogP contribution in [0.3, 0.4) is 0 Å². The Morgan fingerprint density at radius 3 is 2.92 bits per heavy atom. The first kappa shape index (κ1) is 7.37. The Morgan fingerprint density at radius 2 is 2.17 bits per heavy atom. The molecule has 0 amide bonds. The van der Waals surface area contributed by atoms with Crippen LogP contribution >= 0.6 is 0 Å². The van der Waals surface area contributed by atoms with E-state index in [0.717, 1.165) is 17.8 Å². The van der Waals surface area contributed by atoms with Gasteiger partial charge in [-0.1, -0.05) is 6.42 Å². The van der Waals surface area contributed by atoms with E-state index < -0.39 is 0 Å². The van der Waals surface area contributed by atoms with Crippen LogP contribution in [0.15, 0.2) is 0 Å². The minimum absolute atomic E-state index is 0.364. The summed E-state index contributed by atoms with van der Waals surface area (Å²) in [6.45, 7) is 0. The van der Waals surface area contributed by atoms with Crippen molar-refractivity contribution in [2.45, 2.75) is 44.1 Å². The van der Waals surface area contributed by atoms with Crippen LogP contribution in [-0.4, -0.2) is 12.7 Å². The molecule has 3 saturated carbocycles. The van der Waals surface area contributed by atoms with E-state index >= 15 is 0 Å². The molecule has 0 radical (unpaired) electrons. The minimum atomic E-state index is 0.364. The summed E-state index contributed by atoms with van der Waals surface area (Å²) in [6, 6.07) is 0. The lowest BCUT2D eigenvalue weighted by atomic mass is 9.77. The number of hydrogen-bond acceptors (Lipinski definition) is 1. The molecule has 0 aromatic carbocycles. The van der Waals surface area contributed by atoms with Gasteiger partial charge < -0.3 is 4.74 Å². The molecule has 2 bridgehead atoms. The third-order valence-electron chi connectivity index (χ3n) is 4.82. The Morgan fingerprint density at radius 1 is 1.25 bits per heavy atom. The molecular weight excluding hydrogens is 148 g/mol. The molecule has 3 aliphatic carbocycles. The van der Waals surface area contributed by atoms with E-state index in [1.165, 1.54) is 38.5 Å². The molecule has 0 N–H and O–H groups in total. The highest BCUT2D eigenvalue weighted by molar-refractivity contribution is 5.10. The van der Waals surface area contributed by atoms with Crippen LogP contribution in [0.5, 0.6) is 0 Å². The van der Waals surface area contributed by atoms with Gasteiger partial charge in [0.25, 0.3) is 0 Å². The largest absolute Gasteiger partial charge is 0.378 e. The Labute approximate surface area is 74.5 Å². The zero-order valence-electron chi connectivity index (χ0n) is 7.88. The minimum Gasteiger partial charge on any atom is -0.378 e. The van der Waals surface area contributed by atoms with E-state index in [9.17, 15) is 0 Å². The first-order valence-corrected chi connectivity index (χ1v) is 5.42. The van der Waals surface area contributed by atoms with Crippen molar-refractivity contribution in [1.29, 1.82) is 0 Å². The van der Waals surface area contributed by atoms with Gasteiger partial charge in [0.05, 0.1) is 5.60 Å². The maximum Gasteiger partial charge on any atom is 0.0737 e. The highest BCUT2D eigenvalue weighted by atomic mass is 16.5. The van der Waals surface area contributed by atoms with E-state index in [4.69, 9.17) is 4.74 Å². The van der Waals surface area contributed by atoms with Crippen molar-refractivity contribution < 1.29 is 4.74 Å². The fourth-order valence-electron chi connectivity index (χ4n) is 4.42. The Balaban J connectivity index is 1.98. The zero-order valence-corrected chi connectivity index (χ0v) is 7.88. The lowest BCUT2D eigenvalue weighted by Crippen LogP contribution is -2.40. The highest BCUT2D eigenvalue weighted by Crippen LogP contribution is 2.62. The summed E-state index contributed by atoms with van der Waals surface area (Å²) in [5.41, 5.74) is 0.364. The molecule has 4 unspecified atom stereocenters. The van der Waals surface area contributed by atoms with Gasteiger partial charge in [0.15, 0.2) is 0 Å². The van der Waals surface area contributed by atoms with Crippen molar-refractivity contribution in [3.05, 3.63) is 0 Å². The smallest absolute Gasteiger partial charge is 0.0737 e. The van der Waals surface area contributed by atoms with Gasteiger partial charge in [-0.3, -0.25) is 0 Å². The molecule has 0 aromatic rings. The van der Waals surface area contributed by atoms with Crippen LogP contribution in [0.2, 0.25) is 0 Å². The maximum atomic E-state index is 5.86. The number of rotatable bonds is 1. The molecule has 3 aliphatic rings. The van der Waals surface area contributed by atoms with Crippen molar-refractivity contribution in [3.63, 3.8) is 0 Å². The Hall–Kier alpha value is -0.0400. The summed E-state index contributed by atoms with van der Waals surface area (Å²) in [7, 11) is 1.94. The molecule has 3 rings (SSSR count). The fraction of sp³-hybridized carbons (Fsp3) is 1.00. The van der Waals surface area contributed by atoms with Gasteiger partial charge in [0.2, 0.25) is 0 Å². The normalized spacial score (nSPS) is 56.2. The molecule has 0 aromatic heterocycles. The molecule has 0 heterocycles. The monoisotopic (exact) mass is 166 g/mol. The lowest BCUT2D eigenvalue weighted by molar-refractivity contribution is -0.0765. The van der Waals surface area contributed by atoms with Crippen LogP contribution < -0.4 is 0 Å². The van der Waals surface area contributed by atoms with Gasteiger partial charge in [0, 0.05) is 7.11 Å². The predicted molar refractivity (Wildman–Crippen MR) is 47.9 cm³/mol. The van der Waals surface area contributed by atoms with Crippen molar-refractivity contribution in [2.75, 3.05) is 7.11 Å². The van der Waals surface area contributed by atoms with Crippen molar-refractivity contribution in [3.8, 4) is 0 Å². The Bertz CT molecular complexity index is 201. The molecule has 1 heteroatoms. The standard InChI is InChI=1S/C11H18O/c1-12-11-6-2-3-10(11)8-4-5-9(11)7-8/h8-10H,2-7H2,1H3. The summed E-state index contributed by atoms with van der Waals surface area (Å²) in [5.74, 6) is 2.92. The maximum absolute atomic E-state index is 5.86.